The van der Waals surface area contributed by atoms with Crippen LogP contribution in [0.5, 0.6) is 5.75 Å². The van der Waals surface area contributed by atoms with E-state index >= 15 is 0 Å². The molecule has 0 amide bonds. The van der Waals surface area contributed by atoms with Crippen LogP contribution in [-0.4, -0.2) is 24.6 Å². The molecule has 18 heavy (non-hydrogen) atoms. The summed E-state index contributed by atoms with van der Waals surface area (Å²) in [6, 6.07) is 3.37. The van der Waals surface area contributed by atoms with Gasteiger partial charge in [0, 0.05) is 0 Å². The minimum absolute atomic E-state index is 0.139. The van der Waals surface area contributed by atoms with Crippen LogP contribution >= 0.6 is 0 Å². The van der Waals surface area contributed by atoms with Crippen LogP contribution in [0.25, 0.3) is 0 Å². The molecule has 1 fully saturated rings. The Morgan fingerprint density at radius 2 is 2.17 bits per heavy atom. The normalized spacial score (nSPS) is 16.5. The van der Waals surface area contributed by atoms with E-state index in [4.69, 9.17) is 4.74 Å². The van der Waals surface area contributed by atoms with Crippen molar-refractivity contribution in [2.75, 3.05) is 19.7 Å². The Morgan fingerprint density at radius 1 is 1.44 bits per heavy atom. The predicted molar refractivity (Wildman–Crippen MR) is 64.1 cm³/mol. The number of nitro benzene ring substituents is 1. The van der Waals surface area contributed by atoms with Gasteiger partial charge in [0.25, 0.3) is 0 Å². The molecule has 0 radical (unpaired) electrons. The number of rotatable bonds is 4. The summed E-state index contributed by atoms with van der Waals surface area (Å²) < 4.78 is 18.4. The van der Waals surface area contributed by atoms with Crippen LogP contribution < -0.4 is 10.1 Å². The van der Waals surface area contributed by atoms with Crippen molar-refractivity contribution in [2.24, 2.45) is 5.92 Å². The van der Waals surface area contributed by atoms with Crippen LogP contribution in [-0.2, 0) is 0 Å². The van der Waals surface area contributed by atoms with E-state index in [0.29, 0.717) is 12.5 Å². The zero-order valence-electron chi connectivity index (χ0n) is 9.89. The van der Waals surface area contributed by atoms with Crippen LogP contribution in [0.1, 0.15) is 12.8 Å². The molecule has 1 aromatic rings. The van der Waals surface area contributed by atoms with Gasteiger partial charge in [-0.15, -0.1) is 0 Å². The van der Waals surface area contributed by atoms with Gasteiger partial charge in [0.2, 0.25) is 0 Å². The molecule has 1 saturated heterocycles. The van der Waals surface area contributed by atoms with Gasteiger partial charge >= 0.3 is 5.69 Å². The highest BCUT2D eigenvalue weighted by Gasteiger charge is 2.19. The van der Waals surface area contributed by atoms with Crippen LogP contribution in [0, 0.1) is 21.8 Å². The third-order valence-corrected chi connectivity index (χ3v) is 3.05. The largest absolute Gasteiger partial charge is 0.487 e. The first-order valence-electron chi connectivity index (χ1n) is 5.94. The summed E-state index contributed by atoms with van der Waals surface area (Å²) in [6.45, 7) is 2.33. The molecule has 0 atom stereocenters. The molecular weight excluding hydrogens is 239 g/mol. The molecule has 6 heteroatoms. The molecule has 1 heterocycles. The van der Waals surface area contributed by atoms with Crippen LogP contribution in [0.15, 0.2) is 18.2 Å². The Labute approximate surface area is 104 Å². The minimum Gasteiger partial charge on any atom is -0.487 e. The molecule has 1 aliphatic rings. The number of ether oxygens (including phenoxy) is 1. The maximum Gasteiger partial charge on any atom is 0.313 e. The number of hydrogen-bond acceptors (Lipinski definition) is 4. The van der Waals surface area contributed by atoms with Gasteiger partial charge in [-0.2, -0.15) is 0 Å². The Hall–Kier alpha value is -1.69. The van der Waals surface area contributed by atoms with E-state index in [0.717, 1.165) is 32.0 Å². The third kappa shape index (κ3) is 3.16. The highest BCUT2D eigenvalue weighted by atomic mass is 19.1. The number of nitrogens with zero attached hydrogens (tertiary/aromatic N) is 1. The summed E-state index contributed by atoms with van der Waals surface area (Å²) in [5.41, 5.74) is -0.316. The fraction of sp³-hybridized carbons (Fsp3) is 0.500. The first-order chi connectivity index (χ1) is 8.66. The topological polar surface area (TPSA) is 64.4 Å². The van der Waals surface area contributed by atoms with Gasteiger partial charge in [-0.05, 0) is 44.0 Å². The quantitative estimate of drug-likeness (QED) is 0.660. The second-order valence-corrected chi connectivity index (χ2v) is 4.37. The molecule has 2 rings (SSSR count). The number of halogens is 1. The lowest BCUT2D eigenvalue weighted by molar-refractivity contribution is -0.386. The molecule has 98 valence electrons. The molecular formula is C12H15FN2O3. The van der Waals surface area contributed by atoms with Crippen molar-refractivity contribution in [3.8, 4) is 5.75 Å². The Kier molecular flexibility index (Phi) is 4.09. The van der Waals surface area contributed by atoms with Gasteiger partial charge in [-0.1, -0.05) is 0 Å². The molecule has 0 spiro atoms. The standard InChI is InChI=1S/C12H15FN2O3/c13-10-1-2-12(11(7-10)15(16)17)18-8-9-3-5-14-6-4-9/h1-2,7,9,14H,3-6,8H2. The molecule has 1 N–H and O–H groups in total. The van der Waals surface area contributed by atoms with Crippen molar-refractivity contribution < 1.29 is 14.1 Å². The van der Waals surface area contributed by atoms with Crippen molar-refractivity contribution in [2.45, 2.75) is 12.8 Å². The van der Waals surface area contributed by atoms with Crippen molar-refractivity contribution >= 4 is 5.69 Å². The van der Waals surface area contributed by atoms with Crippen LogP contribution in [0.4, 0.5) is 10.1 Å². The Morgan fingerprint density at radius 3 is 2.83 bits per heavy atom. The zero-order chi connectivity index (χ0) is 13.0. The third-order valence-electron chi connectivity index (χ3n) is 3.05. The first kappa shape index (κ1) is 12.8. The van der Waals surface area contributed by atoms with E-state index in [1.807, 2.05) is 0 Å². The summed E-state index contributed by atoms with van der Waals surface area (Å²) in [5, 5.41) is 14.0. The SMILES string of the molecule is O=[N+]([O-])c1cc(F)ccc1OCC1CCNCC1. The van der Waals surface area contributed by atoms with Crippen LogP contribution in [0.3, 0.4) is 0 Å². The molecule has 0 bridgehead atoms. The number of benzene rings is 1. The molecule has 0 unspecified atom stereocenters. The van der Waals surface area contributed by atoms with Crippen LogP contribution in [0.2, 0.25) is 0 Å². The highest BCUT2D eigenvalue weighted by molar-refractivity contribution is 5.46. The fourth-order valence-electron chi connectivity index (χ4n) is 2.01. The van der Waals surface area contributed by atoms with Gasteiger partial charge in [0.1, 0.15) is 5.82 Å². The minimum atomic E-state index is -0.629. The lowest BCUT2D eigenvalue weighted by atomic mass is 9.99. The monoisotopic (exact) mass is 254 g/mol. The second kappa shape index (κ2) is 5.77. The first-order valence-corrected chi connectivity index (χ1v) is 5.94. The zero-order valence-corrected chi connectivity index (χ0v) is 9.89. The summed E-state index contributed by atoms with van der Waals surface area (Å²) in [7, 11) is 0. The number of nitrogens with one attached hydrogen (secondary N) is 1. The maximum atomic E-state index is 12.9. The summed E-state index contributed by atoms with van der Waals surface area (Å²) in [5.74, 6) is -0.0910. The Balaban J connectivity index is 2.01. The summed E-state index contributed by atoms with van der Waals surface area (Å²) in [6.07, 6.45) is 1.99. The molecule has 0 aromatic heterocycles. The summed E-state index contributed by atoms with van der Waals surface area (Å²) in [4.78, 5) is 10.1. The van der Waals surface area contributed by atoms with E-state index in [1.165, 1.54) is 12.1 Å². The highest BCUT2D eigenvalue weighted by Crippen LogP contribution is 2.28. The van der Waals surface area contributed by atoms with E-state index < -0.39 is 10.7 Å². The van der Waals surface area contributed by atoms with Gasteiger partial charge in [-0.3, -0.25) is 10.1 Å². The lowest BCUT2D eigenvalue weighted by Crippen LogP contribution is -2.30. The number of hydrogen-bond donors (Lipinski definition) is 1. The van der Waals surface area contributed by atoms with Gasteiger partial charge in [-0.25, -0.2) is 4.39 Å². The lowest BCUT2D eigenvalue weighted by Gasteiger charge is -2.22. The Bertz CT molecular complexity index is 433. The molecule has 1 aliphatic heterocycles. The fourth-order valence-corrected chi connectivity index (χ4v) is 2.01. The number of nitro groups is 1. The average Bonchev–Trinajstić information content (AvgIpc) is 2.38. The van der Waals surface area contributed by atoms with Gasteiger partial charge in [0.05, 0.1) is 17.6 Å². The van der Waals surface area contributed by atoms with Crippen molar-refractivity contribution in [3.63, 3.8) is 0 Å². The number of piperidine rings is 1. The van der Waals surface area contributed by atoms with E-state index in [2.05, 4.69) is 5.32 Å². The van der Waals surface area contributed by atoms with E-state index in [1.54, 1.807) is 0 Å². The summed E-state index contributed by atoms with van der Waals surface area (Å²) >= 11 is 0. The molecule has 0 saturated carbocycles. The maximum absolute atomic E-state index is 12.9. The second-order valence-electron chi connectivity index (χ2n) is 4.37. The average molecular weight is 254 g/mol. The molecule has 0 aliphatic carbocycles. The molecule has 5 nitrogen and oxygen atoms in total. The van der Waals surface area contributed by atoms with Crippen molar-refractivity contribution in [3.05, 3.63) is 34.1 Å². The van der Waals surface area contributed by atoms with Crippen molar-refractivity contribution in [1.82, 2.24) is 5.32 Å². The van der Waals surface area contributed by atoms with Gasteiger partial charge < -0.3 is 10.1 Å². The van der Waals surface area contributed by atoms with E-state index in [-0.39, 0.29) is 11.4 Å². The molecule has 1 aromatic carbocycles. The van der Waals surface area contributed by atoms with E-state index in [9.17, 15) is 14.5 Å². The predicted octanol–water partition coefficient (Wildman–Crippen LogP) is 2.11. The van der Waals surface area contributed by atoms with Gasteiger partial charge in [0.15, 0.2) is 5.75 Å². The smallest absolute Gasteiger partial charge is 0.313 e. The van der Waals surface area contributed by atoms with Crippen molar-refractivity contribution in [1.29, 1.82) is 0 Å².